The van der Waals surface area contributed by atoms with Crippen LogP contribution in [0.2, 0.25) is 0 Å². The van der Waals surface area contributed by atoms with E-state index in [1.165, 1.54) is 12.8 Å². The van der Waals surface area contributed by atoms with Gasteiger partial charge in [0, 0.05) is 24.7 Å². The third-order valence-electron chi connectivity index (χ3n) is 8.84. The molecule has 0 saturated heterocycles. The van der Waals surface area contributed by atoms with Gasteiger partial charge in [0.1, 0.15) is 11.6 Å². The van der Waals surface area contributed by atoms with E-state index in [9.17, 15) is 9.59 Å². The number of hydrogen-bond acceptors (Lipinski definition) is 2. The predicted octanol–water partition coefficient (Wildman–Crippen LogP) is 4.97. The summed E-state index contributed by atoms with van der Waals surface area (Å²) in [6.45, 7) is 8.75. The molecule has 0 heterocycles. The molecule has 0 radical (unpaired) electrons. The zero-order valence-corrected chi connectivity index (χ0v) is 15.4. The van der Waals surface area contributed by atoms with Crippen LogP contribution in [0, 0.1) is 40.4 Å². The Bertz CT molecular complexity index is 579. The quantitative estimate of drug-likeness (QED) is 0.671. The van der Waals surface area contributed by atoms with Crippen molar-refractivity contribution in [1.29, 1.82) is 0 Å². The van der Waals surface area contributed by atoms with E-state index in [1.54, 1.807) is 0 Å². The van der Waals surface area contributed by atoms with Crippen molar-refractivity contribution in [2.24, 2.45) is 40.4 Å². The number of hydrogen-bond donors (Lipinski definition) is 0. The first-order valence-electron chi connectivity index (χ1n) is 10.1. The second-order valence-corrected chi connectivity index (χ2v) is 9.67. The van der Waals surface area contributed by atoms with Gasteiger partial charge in [-0.3, -0.25) is 9.59 Å². The second kappa shape index (κ2) is 5.54. The van der Waals surface area contributed by atoms with Crippen LogP contribution in [0.15, 0.2) is 12.7 Å². The number of allylic oxidation sites excluding steroid dienone is 1. The van der Waals surface area contributed by atoms with Crippen molar-refractivity contribution in [1.82, 2.24) is 0 Å². The summed E-state index contributed by atoms with van der Waals surface area (Å²) in [6.07, 6.45) is 11.1. The number of carbonyl (C=O) groups is 2. The average Bonchev–Trinajstić information content (AvgIpc) is 2.85. The lowest BCUT2D eigenvalue weighted by atomic mass is 9.42. The number of ketones is 2. The van der Waals surface area contributed by atoms with Crippen molar-refractivity contribution >= 4 is 11.6 Å². The van der Waals surface area contributed by atoms with Gasteiger partial charge in [0.25, 0.3) is 0 Å². The van der Waals surface area contributed by atoms with Gasteiger partial charge in [0.15, 0.2) is 0 Å². The normalized spacial score (nSPS) is 50.8. The first kappa shape index (κ1) is 16.5. The molecule has 0 aliphatic heterocycles. The van der Waals surface area contributed by atoms with Crippen molar-refractivity contribution in [2.75, 3.05) is 0 Å². The van der Waals surface area contributed by atoms with E-state index >= 15 is 0 Å². The topological polar surface area (TPSA) is 34.1 Å². The Kier molecular flexibility index (Phi) is 3.82. The maximum absolute atomic E-state index is 12.6. The van der Waals surface area contributed by atoms with Crippen molar-refractivity contribution in [2.45, 2.75) is 71.6 Å². The molecule has 0 bridgehead atoms. The SMILES string of the molecule is C=CC[C@@H]1C[C@@H]2CC(=O)CC[C@]2(C)[C@H]2CC[C@]3(C)C(=O)CC[C@H]3[C@H]12. The summed E-state index contributed by atoms with van der Waals surface area (Å²) >= 11 is 0. The zero-order valence-electron chi connectivity index (χ0n) is 15.4. The summed E-state index contributed by atoms with van der Waals surface area (Å²) in [4.78, 5) is 24.7. The number of Topliss-reactive ketones (excluding diaryl/α,β-unsaturated/α-hetero) is 2. The van der Waals surface area contributed by atoms with Crippen LogP contribution in [0.25, 0.3) is 0 Å². The van der Waals surface area contributed by atoms with Crippen molar-refractivity contribution in [3.8, 4) is 0 Å². The Morgan fingerprint density at radius 3 is 2.67 bits per heavy atom. The van der Waals surface area contributed by atoms with Crippen LogP contribution in [0.4, 0.5) is 0 Å². The molecular formula is C22H32O2. The molecule has 0 unspecified atom stereocenters. The number of rotatable bonds is 2. The summed E-state index contributed by atoms with van der Waals surface area (Å²) in [5.74, 6) is 4.14. The average molecular weight is 328 g/mol. The summed E-state index contributed by atoms with van der Waals surface area (Å²) in [5, 5.41) is 0. The lowest BCUT2D eigenvalue weighted by molar-refractivity contribution is -0.153. The molecule has 4 rings (SSSR count). The van der Waals surface area contributed by atoms with Crippen LogP contribution >= 0.6 is 0 Å². The standard InChI is InChI=1S/C22H32O2/c1-4-5-14-12-15-13-16(23)8-10-21(15,2)18-9-11-22(3)17(20(14)18)6-7-19(22)24/h4,14-15,17-18,20H,1,5-13H2,2-3H3/t14-,15-,17+,18+,20+,21+,22+/m1/s1. The van der Waals surface area contributed by atoms with Crippen LogP contribution in [-0.2, 0) is 9.59 Å². The minimum absolute atomic E-state index is 0.0612. The van der Waals surface area contributed by atoms with Gasteiger partial charge in [-0.15, -0.1) is 6.58 Å². The van der Waals surface area contributed by atoms with Crippen LogP contribution in [0.1, 0.15) is 71.6 Å². The van der Waals surface area contributed by atoms with Crippen molar-refractivity contribution in [3.63, 3.8) is 0 Å². The molecule has 132 valence electrons. The molecule has 0 N–H and O–H groups in total. The summed E-state index contributed by atoms with van der Waals surface area (Å²) < 4.78 is 0. The van der Waals surface area contributed by atoms with Gasteiger partial charge < -0.3 is 0 Å². The van der Waals surface area contributed by atoms with E-state index in [2.05, 4.69) is 26.5 Å². The Hall–Kier alpha value is -0.920. The molecule has 0 aromatic carbocycles. The van der Waals surface area contributed by atoms with E-state index in [0.717, 1.165) is 44.9 Å². The summed E-state index contributed by atoms with van der Waals surface area (Å²) in [6, 6.07) is 0. The first-order chi connectivity index (χ1) is 11.4. The Morgan fingerprint density at radius 1 is 1.12 bits per heavy atom. The summed E-state index contributed by atoms with van der Waals surface area (Å²) in [7, 11) is 0. The molecule has 2 nitrogen and oxygen atoms in total. The molecule has 4 fully saturated rings. The minimum Gasteiger partial charge on any atom is -0.300 e. The fraction of sp³-hybridized carbons (Fsp3) is 0.818. The van der Waals surface area contributed by atoms with Gasteiger partial charge >= 0.3 is 0 Å². The number of carbonyl (C=O) groups excluding carboxylic acids is 2. The van der Waals surface area contributed by atoms with Crippen LogP contribution < -0.4 is 0 Å². The second-order valence-electron chi connectivity index (χ2n) is 9.67. The third-order valence-corrected chi connectivity index (χ3v) is 8.84. The zero-order chi connectivity index (χ0) is 17.1. The Labute approximate surface area is 146 Å². The molecule has 0 amide bonds. The lowest BCUT2D eigenvalue weighted by Crippen LogP contribution is -2.56. The maximum atomic E-state index is 12.6. The van der Waals surface area contributed by atoms with Gasteiger partial charge in [-0.25, -0.2) is 0 Å². The molecule has 0 aromatic heterocycles. The minimum atomic E-state index is -0.0612. The highest BCUT2D eigenvalue weighted by Crippen LogP contribution is 2.67. The molecule has 0 spiro atoms. The predicted molar refractivity (Wildman–Crippen MR) is 95.4 cm³/mol. The van der Waals surface area contributed by atoms with E-state index in [-0.39, 0.29) is 5.41 Å². The molecule has 24 heavy (non-hydrogen) atoms. The smallest absolute Gasteiger partial charge is 0.139 e. The maximum Gasteiger partial charge on any atom is 0.139 e. The summed E-state index contributed by atoms with van der Waals surface area (Å²) in [5.41, 5.74) is 0.261. The van der Waals surface area contributed by atoms with Gasteiger partial charge in [0.05, 0.1) is 0 Å². The molecular weight excluding hydrogens is 296 g/mol. The molecule has 7 atom stereocenters. The lowest BCUT2D eigenvalue weighted by Gasteiger charge is -2.61. The van der Waals surface area contributed by atoms with Gasteiger partial charge in [-0.05, 0) is 73.5 Å². The number of fused-ring (bicyclic) bond motifs is 5. The molecule has 2 heteroatoms. The highest BCUT2D eigenvalue weighted by molar-refractivity contribution is 5.87. The Morgan fingerprint density at radius 2 is 1.92 bits per heavy atom. The van der Waals surface area contributed by atoms with E-state index in [1.807, 2.05) is 0 Å². The van der Waals surface area contributed by atoms with Crippen LogP contribution in [-0.4, -0.2) is 11.6 Å². The van der Waals surface area contributed by atoms with E-state index in [0.29, 0.717) is 46.6 Å². The van der Waals surface area contributed by atoms with Crippen LogP contribution in [0.3, 0.4) is 0 Å². The monoisotopic (exact) mass is 328 g/mol. The fourth-order valence-electron chi connectivity index (χ4n) is 7.45. The van der Waals surface area contributed by atoms with Crippen molar-refractivity contribution < 1.29 is 9.59 Å². The fourth-order valence-corrected chi connectivity index (χ4v) is 7.45. The highest BCUT2D eigenvalue weighted by Gasteiger charge is 2.62. The Balaban J connectivity index is 1.72. The van der Waals surface area contributed by atoms with E-state index < -0.39 is 0 Å². The third kappa shape index (κ3) is 2.14. The van der Waals surface area contributed by atoms with E-state index in [4.69, 9.17) is 0 Å². The highest BCUT2D eigenvalue weighted by atomic mass is 16.1. The first-order valence-corrected chi connectivity index (χ1v) is 10.1. The van der Waals surface area contributed by atoms with Gasteiger partial charge in [0.2, 0.25) is 0 Å². The van der Waals surface area contributed by atoms with Gasteiger partial charge in [-0.2, -0.15) is 0 Å². The van der Waals surface area contributed by atoms with Gasteiger partial charge in [-0.1, -0.05) is 19.9 Å². The molecule has 4 aliphatic carbocycles. The molecule has 0 aromatic rings. The molecule has 4 saturated carbocycles. The largest absolute Gasteiger partial charge is 0.300 e. The van der Waals surface area contributed by atoms with Crippen LogP contribution in [0.5, 0.6) is 0 Å². The van der Waals surface area contributed by atoms with Crippen molar-refractivity contribution in [3.05, 3.63) is 12.7 Å². The molecule has 4 aliphatic rings.